The van der Waals surface area contributed by atoms with Crippen molar-refractivity contribution in [1.29, 1.82) is 0 Å². The molecule has 160 valence electrons. The SMILES string of the molecule is COc1ccccc1CN(Cc1cccs1)C(=O)c1ccc(Cl)c(N2CCCC2=O)c1. The summed E-state index contributed by atoms with van der Waals surface area (Å²) in [5, 5.41) is 2.47. The molecule has 4 rings (SSSR count). The predicted octanol–water partition coefficient (Wildman–Crippen LogP) is 5.38. The molecule has 1 saturated heterocycles. The largest absolute Gasteiger partial charge is 0.496 e. The summed E-state index contributed by atoms with van der Waals surface area (Å²) in [6, 6.07) is 16.8. The van der Waals surface area contributed by atoms with Crippen LogP contribution in [0.4, 0.5) is 5.69 Å². The number of hydrogen-bond donors (Lipinski definition) is 0. The molecule has 0 bridgehead atoms. The molecule has 1 fully saturated rings. The first kappa shape index (κ1) is 21.4. The Bertz CT molecular complexity index is 1080. The number of carbonyl (C=O) groups is 2. The van der Waals surface area contributed by atoms with Crippen molar-refractivity contribution in [1.82, 2.24) is 4.90 Å². The Morgan fingerprint density at radius 1 is 1.16 bits per heavy atom. The molecule has 0 N–H and O–H groups in total. The highest BCUT2D eigenvalue weighted by Gasteiger charge is 2.26. The molecule has 1 aliphatic heterocycles. The van der Waals surface area contributed by atoms with Crippen LogP contribution in [0.25, 0.3) is 0 Å². The second kappa shape index (κ2) is 9.54. The Balaban J connectivity index is 1.66. The molecule has 0 saturated carbocycles. The topological polar surface area (TPSA) is 49.9 Å². The van der Waals surface area contributed by atoms with Gasteiger partial charge in [-0.15, -0.1) is 11.3 Å². The summed E-state index contributed by atoms with van der Waals surface area (Å²) in [6.45, 7) is 1.51. The number of hydrogen-bond acceptors (Lipinski definition) is 4. The van der Waals surface area contributed by atoms with Crippen LogP contribution < -0.4 is 9.64 Å². The molecule has 0 aliphatic carbocycles. The zero-order chi connectivity index (χ0) is 21.8. The van der Waals surface area contributed by atoms with Gasteiger partial charge in [-0.25, -0.2) is 0 Å². The van der Waals surface area contributed by atoms with Crippen molar-refractivity contribution in [2.24, 2.45) is 0 Å². The first-order valence-electron chi connectivity index (χ1n) is 10.1. The summed E-state index contributed by atoms with van der Waals surface area (Å²) in [7, 11) is 1.63. The van der Waals surface area contributed by atoms with Crippen LogP contribution in [0.1, 0.15) is 33.6 Å². The van der Waals surface area contributed by atoms with E-state index < -0.39 is 0 Å². The van der Waals surface area contributed by atoms with E-state index in [0.717, 1.165) is 22.6 Å². The molecule has 31 heavy (non-hydrogen) atoms. The highest BCUT2D eigenvalue weighted by Crippen LogP contribution is 2.31. The van der Waals surface area contributed by atoms with Crippen molar-refractivity contribution in [3.05, 3.63) is 81.0 Å². The summed E-state index contributed by atoms with van der Waals surface area (Å²) in [5.41, 5.74) is 2.03. The fraction of sp³-hybridized carbons (Fsp3) is 0.250. The number of methoxy groups -OCH3 is 1. The monoisotopic (exact) mass is 454 g/mol. The van der Waals surface area contributed by atoms with E-state index in [9.17, 15) is 9.59 Å². The van der Waals surface area contributed by atoms with Crippen LogP contribution in [-0.4, -0.2) is 30.4 Å². The maximum atomic E-state index is 13.6. The maximum absolute atomic E-state index is 13.6. The van der Waals surface area contributed by atoms with Gasteiger partial charge in [-0.3, -0.25) is 9.59 Å². The third-order valence-electron chi connectivity index (χ3n) is 5.33. The lowest BCUT2D eigenvalue weighted by Gasteiger charge is -2.24. The fourth-order valence-corrected chi connectivity index (χ4v) is 4.71. The van der Waals surface area contributed by atoms with Crippen LogP contribution in [0.5, 0.6) is 5.75 Å². The zero-order valence-electron chi connectivity index (χ0n) is 17.2. The van der Waals surface area contributed by atoms with E-state index in [0.29, 0.717) is 42.3 Å². The van der Waals surface area contributed by atoms with Crippen LogP contribution >= 0.6 is 22.9 Å². The Labute approximate surface area is 190 Å². The summed E-state index contributed by atoms with van der Waals surface area (Å²) < 4.78 is 5.48. The van der Waals surface area contributed by atoms with Crippen LogP contribution in [0.2, 0.25) is 5.02 Å². The van der Waals surface area contributed by atoms with Crippen molar-refractivity contribution in [3.8, 4) is 5.75 Å². The van der Waals surface area contributed by atoms with Crippen molar-refractivity contribution in [2.45, 2.75) is 25.9 Å². The number of halogens is 1. The Morgan fingerprint density at radius 2 is 2.00 bits per heavy atom. The number of amides is 2. The maximum Gasteiger partial charge on any atom is 0.254 e. The van der Waals surface area contributed by atoms with E-state index in [-0.39, 0.29) is 11.8 Å². The third kappa shape index (κ3) is 4.75. The lowest BCUT2D eigenvalue weighted by Crippen LogP contribution is -2.30. The van der Waals surface area contributed by atoms with Gasteiger partial charge < -0.3 is 14.5 Å². The molecule has 7 heteroatoms. The molecule has 1 aliphatic rings. The molecule has 5 nitrogen and oxygen atoms in total. The predicted molar refractivity (Wildman–Crippen MR) is 124 cm³/mol. The van der Waals surface area contributed by atoms with Crippen LogP contribution in [0, 0.1) is 0 Å². The molecule has 2 aromatic carbocycles. The number of thiophene rings is 1. The van der Waals surface area contributed by atoms with Crippen molar-refractivity contribution >= 4 is 40.4 Å². The van der Waals surface area contributed by atoms with Gasteiger partial charge in [0.1, 0.15) is 5.75 Å². The average molecular weight is 455 g/mol. The van der Waals surface area contributed by atoms with Gasteiger partial charge in [0.25, 0.3) is 5.91 Å². The van der Waals surface area contributed by atoms with E-state index in [1.54, 1.807) is 46.4 Å². The number of carbonyl (C=O) groups excluding carboxylic acids is 2. The normalized spacial score (nSPS) is 13.5. The minimum Gasteiger partial charge on any atom is -0.496 e. The molecule has 0 radical (unpaired) electrons. The lowest BCUT2D eigenvalue weighted by molar-refractivity contribution is -0.117. The van der Waals surface area contributed by atoms with E-state index in [1.165, 1.54) is 0 Å². The number of benzene rings is 2. The van der Waals surface area contributed by atoms with Crippen LogP contribution in [0.3, 0.4) is 0 Å². The fourth-order valence-electron chi connectivity index (χ4n) is 3.77. The van der Waals surface area contributed by atoms with Gasteiger partial charge in [-0.1, -0.05) is 35.9 Å². The van der Waals surface area contributed by atoms with Crippen LogP contribution in [-0.2, 0) is 17.9 Å². The number of para-hydroxylation sites is 1. The summed E-state index contributed by atoms with van der Waals surface area (Å²) in [6.07, 6.45) is 1.30. The second-order valence-corrected chi connectivity index (χ2v) is 8.81. The van der Waals surface area contributed by atoms with E-state index in [2.05, 4.69) is 0 Å². The average Bonchev–Trinajstić information content (AvgIpc) is 3.45. The van der Waals surface area contributed by atoms with Gasteiger partial charge in [0, 0.05) is 29.0 Å². The van der Waals surface area contributed by atoms with Gasteiger partial charge in [0.15, 0.2) is 0 Å². The molecule has 3 aromatic rings. The smallest absolute Gasteiger partial charge is 0.254 e. The second-order valence-electron chi connectivity index (χ2n) is 7.37. The molecular weight excluding hydrogens is 432 g/mol. The molecule has 0 unspecified atom stereocenters. The first-order chi connectivity index (χ1) is 15.1. The van der Waals surface area contributed by atoms with Gasteiger partial charge in [-0.05, 0) is 42.1 Å². The van der Waals surface area contributed by atoms with Crippen molar-refractivity contribution < 1.29 is 14.3 Å². The molecule has 2 amide bonds. The molecule has 2 heterocycles. The molecule has 0 spiro atoms. The van der Waals surface area contributed by atoms with E-state index in [4.69, 9.17) is 16.3 Å². The van der Waals surface area contributed by atoms with Gasteiger partial charge in [-0.2, -0.15) is 0 Å². The third-order valence-corrected chi connectivity index (χ3v) is 6.51. The number of ether oxygens (including phenoxy) is 1. The van der Waals surface area contributed by atoms with Crippen molar-refractivity contribution in [2.75, 3.05) is 18.6 Å². The first-order valence-corrected chi connectivity index (χ1v) is 11.4. The van der Waals surface area contributed by atoms with Gasteiger partial charge in [0.05, 0.1) is 30.9 Å². The summed E-state index contributed by atoms with van der Waals surface area (Å²) >= 11 is 7.99. The quantitative estimate of drug-likeness (QED) is 0.481. The molecular formula is C24H23ClN2O3S. The Hall–Kier alpha value is -2.83. The Kier molecular flexibility index (Phi) is 6.59. The van der Waals surface area contributed by atoms with E-state index in [1.807, 2.05) is 41.8 Å². The summed E-state index contributed by atoms with van der Waals surface area (Å²) in [5.74, 6) is 0.658. The number of anilines is 1. The van der Waals surface area contributed by atoms with E-state index >= 15 is 0 Å². The van der Waals surface area contributed by atoms with Crippen molar-refractivity contribution in [3.63, 3.8) is 0 Å². The minimum absolute atomic E-state index is 0.0379. The Morgan fingerprint density at radius 3 is 2.71 bits per heavy atom. The van der Waals surface area contributed by atoms with Crippen LogP contribution in [0.15, 0.2) is 60.0 Å². The molecule has 0 atom stereocenters. The highest BCUT2D eigenvalue weighted by atomic mass is 35.5. The zero-order valence-corrected chi connectivity index (χ0v) is 18.8. The number of rotatable bonds is 7. The minimum atomic E-state index is -0.121. The number of nitrogens with zero attached hydrogens (tertiary/aromatic N) is 2. The highest BCUT2D eigenvalue weighted by molar-refractivity contribution is 7.09. The lowest BCUT2D eigenvalue weighted by atomic mass is 10.1. The van der Waals surface area contributed by atoms with Gasteiger partial charge >= 0.3 is 0 Å². The summed E-state index contributed by atoms with van der Waals surface area (Å²) in [4.78, 5) is 30.4. The van der Waals surface area contributed by atoms with Gasteiger partial charge in [0.2, 0.25) is 5.91 Å². The standard InChI is InChI=1S/C24H23ClN2O3S/c1-30-22-8-3-2-6-18(22)15-26(16-19-7-5-13-31-19)24(29)17-10-11-20(25)21(14-17)27-12-4-9-23(27)28/h2-3,5-8,10-11,13-14H,4,9,12,15-16H2,1H3. The molecule has 1 aromatic heterocycles.